The summed E-state index contributed by atoms with van der Waals surface area (Å²) < 4.78 is 5.04. The van der Waals surface area contributed by atoms with E-state index in [4.69, 9.17) is 4.65 Å². The molecule has 0 unspecified atom stereocenters. The maximum Gasteiger partial charge on any atom is 0.495 e. The number of phenols is 1. The van der Waals surface area contributed by atoms with E-state index in [1.165, 1.54) is 0 Å². The van der Waals surface area contributed by atoms with Crippen molar-refractivity contribution in [1.82, 2.24) is 0 Å². The van der Waals surface area contributed by atoms with Crippen LogP contribution < -0.4 is 5.46 Å². The molecule has 0 radical (unpaired) electrons. The normalized spacial score (nSPS) is 14.8. The number of hydrogen-bond donors (Lipinski definition) is 2. The zero-order chi connectivity index (χ0) is 9.59. The van der Waals surface area contributed by atoms with Crippen LogP contribution in [-0.4, -0.2) is 17.2 Å². The summed E-state index contributed by atoms with van der Waals surface area (Å²) in [6.07, 6.45) is 0. The van der Waals surface area contributed by atoms with E-state index >= 15 is 0 Å². The zero-order valence-electron chi connectivity index (χ0n) is 7.66. The quantitative estimate of drug-likeness (QED) is 0.559. The van der Waals surface area contributed by atoms with Gasteiger partial charge < -0.3 is 14.8 Å². The third-order valence-electron chi connectivity index (χ3n) is 2.63. The third-order valence-corrected chi connectivity index (χ3v) is 2.63. The molecule has 1 aliphatic rings. The molecular formula is C9H11BO3. The van der Waals surface area contributed by atoms with Crippen molar-refractivity contribution in [3.63, 3.8) is 0 Å². The summed E-state index contributed by atoms with van der Waals surface area (Å²) in [6, 6.07) is 1.66. The molecule has 1 aromatic carbocycles. The number of aromatic hydroxyl groups is 1. The maximum atomic E-state index is 9.57. The number of benzene rings is 1. The number of aryl methyl sites for hydroxylation is 1. The fourth-order valence-corrected chi connectivity index (χ4v) is 1.69. The summed E-state index contributed by atoms with van der Waals surface area (Å²) in [4.78, 5) is 0. The van der Waals surface area contributed by atoms with Crippen molar-refractivity contribution in [3.8, 4) is 5.75 Å². The Balaban J connectivity index is 2.69. The minimum Gasteiger partial charge on any atom is -0.508 e. The van der Waals surface area contributed by atoms with Crippen LogP contribution in [0, 0.1) is 13.8 Å². The Labute approximate surface area is 77.1 Å². The second-order valence-electron chi connectivity index (χ2n) is 3.39. The molecular weight excluding hydrogens is 167 g/mol. The van der Waals surface area contributed by atoms with E-state index in [9.17, 15) is 10.1 Å². The Kier molecular flexibility index (Phi) is 1.82. The molecule has 1 heterocycles. The molecule has 0 bridgehead atoms. The first-order valence-electron chi connectivity index (χ1n) is 4.23. The lowest BCUT2D eigenvalue weighted by Crippen LogP contribution is -2.28. The Morgan fingerprint density at radius 2 is 2.15 bits per heavy atom. The van der Waals surface area contributed by atoms with E-state index in [1.807, 2.05) is 13.8 Å². The van der Waals surface area contributed by atoms with Crippen LogP contribution in [0.4, 0.5) is 0 Å². The highest BCUT2D eigenvalue weighted by Crippen LogP contribution is 2.23. The summed E-state index contributed by atoms with van der Waals surface area (Å²) >= 11 is 0. The molecule has 0 atom stereocenters. The van der Waals surface area contributed by atoms with Gasteiger partial charge in [0.1, 0.15) is 5.75 Å². The standard InChI is InChI=1S/C9H11BO3/c1-5-3-8(11)9-7(6(5)2)4-13-10(9)12/h3,11-12H,4H2,1-2H3. The van der Waals surface area contributed by atoms with Gasteiger partial charge in [-0.25, -0.2) is 0 Å². The summed E-state index contributed by atoms with van der Waals surface area (Å²) in [5.74, 6) is 0.128. The monoisotopic (exact) mass is 178 g/mol. The van der Waals surface area contributed by atoms with Crippen molar-refractivity contribution in [3.05, 3.63) is 22.8 Å². The van der Waals surface area contributed by atoms with Crippen molar-refractivity contribution < 1.29 is 14.8 Å². The minimum atomic E-state index is -0.964. The minimum absolute atomic E-state index is 0.128. The molecule has 0 saturated heterocycles. The fraction of sp³-hybridized carbons (Fsp3) is 0.333. The molecule has 2 rings (SSSR count). The number of fused-ring (bicyclic) bond motifs is 1. The molecule has 0 amide bonds. The van der Waals surface area contributed by atoms with Crippen LogP contribution in [0.5, 0.6) is 5.75 Å². The van der Waals surface area contributed by atoms with Crippen LogP contribution in [0.15, 0.2) is 6.07 Å². The van der Waals surface area contributed by atoms with Crippen LogP contribution in [0.3, 0.4) is 0 Å². The highest BCUT2D eigenvalue weighted by atomic mass is 16.5. The number of phenolic OH excluding ortho intramolecular Hbond substituents is 1. The van der Waals surface area contributed by atoms with Gasteiger partial charge in [-0.1, -0.05) is 0 Å². The van der Waals surface area contributed by atoms with Gasteiger partial charge in [-0.15, -0.1) is 0 Å². The molecule has 3 nitrogen and oxygen atoms in total. The van der Waals surface area contributed by atoms with Crippen LogP contribution in [0.25, 0.3) is 0 Å². The Morgan fingerprint density at radius 1 is 1.46 bits per heavy atom. The summed E-state index contributed by atoms with van der Waals surface area (Å²) in [5.41, 5.74) is 3.56. The molecule has 0 saturated carbocycles. The highest BCUT2D eigenvalue weighted by Gasteiger charge is 2.32. The van der Waals surface area contributed by atoms with Gasteiger partial charge in [-0.3, -0.25) is 0 Å². The third kappa shape index (κ3) is 1.14. The maximum absolute atomic E-state index is 9.57. The van der Waals surface area contributed by atoms with Crippen molar-refractivity contribution >= 4 is 12.6 Å². The predicted octanol–water partition coefficient (Wildman–Crippen LogP) is 0.227. The topological polar surface area (TPSA) is 49.7 Å². The molecule has 68 valence electrons. The van der Waals surface area contributed by atoms with Crippen molar-refractivity contribution in [2.75, 3.05) is 0 Å². The molecule has 0 fully saturated rings. The lowest BCUT2D eigenvalue weighted by atomic mass is 9.77. The first kappa shape index (κ1) is 8.60. The van der Waals surface area contributed by atoms with E-state index in [1.54, 1.807) is 6.07 Å². The smallest absolute Gasteiger partial charge is 0.495 e. The van der Waals surface area contributed by atoms with Gasteiger partial charge in [0, 0.05) is 5.46 Å². The molecule has 4 heteroatoms. The van der Waals surface area contributed by atoms with Crippen LogP contribution in [0.1, 0.15) is 16.7 Å². The summed E-state index contributed by atoms with van der Waals surface area (Å²) in [7, 11) is -0.964. The molecule has 1 aromatic rings. The molecule has 13 heavy (non-hydrogen) atoms. The van der Waals surface area contributed by atoms with Crippen LogP contribution in [0.2, 0.25) is 0 Å². The van der Waals surface area contributed by atoms with Crippen LogP contribution in [-0.2, 0) is 11.3 Å². The van der Waals surface area contributed by atoms with E-state index in [0.717, 1.165) is 16.7 Å². The second-order valence-corrected chi connectivity index (χ2v) is 3.39. The second kappa shape index (κ2) is 2.75. The van der Waals surface area contributed by atoms with Gasteiger partial charge in [-0.2, -0.15) is 0 Å². The number of rotatable bonds is 0. The van der Waals surface area contributed by atoms with Crippen molar-refractivity contribution in [1.29, 1.82) is 0 Å². The van der Waals surface area contributed by atoms with Gasteiger partial charge in [0.25, 0.3) is 0 Å². The van der Waals surface area contributed by atoms with E-state index in [0.29, 0.717) is 12.1 Å². The van der Waals surface area contributed by atoms with Crippen molar-refractivity contribution in [2.24, 2.45) is 0 Å². The lowest BCUT2D eigenvalue weighted by molar-refractivity contribution is 0.275. The molecule has 0 aromatic heterocycles. The summed E-state index contributed by atoms with van der Waals surface area (Å²) in [6.45, 7) is 4.28. The van der Waals surface area contributed by atoms with Gasteiger partial charge >= 0.3 is 7.12 Å². The lowest BCUT2D eigenvalue weighted by Gasteiger charge is -2.08. The Morgan fingerprint density at radius 3 is 2.85 bits per heavy atom. The highest BCUT2D eigenvalue weighted by molar-refractivity contribution is 6.62. The van der Waals surface area contributed by atoms with E-state index in [-0.39, 0.29) is 5.75 Å². The van der Waals surface area contributed by atoms with Gasteiger partial charge in [0.15, 0.2) is 0 Å². The predicted molar refractivity (Wildman–Crippen MR) is 50.0 cm³/mol. The van der Waals surface area contributed by atoms with E-state index in [2.05, 4.69) is 0 Å². The SMILES string of the molecule is Cc1cc(O)c2c(c1C)COB2O. The largest absolute Gasteiger partial charge is 0.508 e. The average Bonchev–Trinajstić information content (AvgIpc) is 2.44. The zero-order valence-corrected chi connectivity index (χ0v) is 7.66. The molecule has 1 aliphatic heterocycles. The first-order valence-corrected chi connectivity index (χ1v) is 4.23. The average molecular weight is 178 g/mol. The Hall–Kier alpha value is -0.995. The molecule has 2 N–H and O–H groups in total. The Bertz CT molecular complexity index is 362. The van der Waals surface area contributed by atoms with Gasteiger partial charge in [-0.05, 0) is 36.6 Å². The molecule has 0 aliphatic carbocycles. The number of hydrogen-bond acceptors (Lipinski definition) is 3. The summed E-state index contributed by atoms with van der Waals surface area (Å²) in [5, 5.41) is 19.0. The van der Waals surface area contributed by atoms with Crippen LogP contribution >= 0.6 is 0 Å². The van der Waals surface area contributed by atoms with Gasteiger partial charge in [0.05, 0.1) is 6.61 Å². The van der Waals surface area contributed by atoms with E-state index < -0.39 is 7.12 Å². The fourth-order valence-electron chi connectivity index (χ4n) is 1.69. The van der Waals surface area contributed by atoms with Gasteiger partial charge in [0.2, 0.25) is 0 Å². The molecule has 0 spiro atoms. The first-order chi connectivity index (χ1) is 6.11. The van der Waals surface area contributed by atoms with Crippen molar-refractivity contribution in [2.45, 2.75) is 20.5 Å².